The number of likely N-dealkylation sites (tertiary alicyclic amines) is 2. The largest absolute Gasteiger partial charge is 0.377 e. The zero-order valence-corrected chi connectivity index (χ0v) is 20.9. The molecule has 5 nitrogen and oxygen atoms in total. The van der Waals surface area contributed by atoms with Crippen LogP contribution >= 0.6 is 0 Å². The molecule has 2 heterocycles. The number of hydrogen-bond donors (Lipinski definition) is 0. The van der Waals surface area contributed by atoms with Crippen molar-refractivity contribution in [1.29, 1.82) is 0 Å². The second-order valence-electron chi connectivity index (χ2n) is 11.8. The molecule has 0 bridgehead atoms. The smallest absolute Gasteiger partial charge is 0.0704 e. The first-order chi connectivity index (χ1) is 13.2. The Bertz CT molecular complexity index is 448. The number of hydrogen-bond acceptors (Lipinski definition) is 5. The molecule has 0 amide bonds. The third-order valence-electron chi connectivity index (χ3n) is 7.70. The molecule has 0 radical (unpaired) electrons. The Kier molecular flexibility index (Phi) is 7.88. The Hall–Kier alpha value is -0.200. The lowest BCUT2D eigenvalue weighted by molar-refractivity contribution is -0.110. The maximum Gasteiger partial charge on any atom is 0.0704 e. The number of piperidine rings is 2. The molecule has 0 aromatic rings. The van der Waals surface area contributed by atoms with Crippen LogP contribution in [-0.2, 0) is 14.2 Å². The monoisotopic (exact) mass is 412 g/mol. The molecule has 0 atom stereocenters. The first kappa shape index (κ1) is 25.1. The molecule has 2 saturated heterocycles. The normalized spacial score (nSPS) is 27.9. The van der Waals surface area contributed by atoms with Crippen LogP contribution in [0.15, 0.2) is 0 Å². The fourth-order valence-corrected chi connectivity index (χ4v) is 5.44. The predicted molar refractivity (Wildman–Crippen MR) is 121 cm³/mol. The molecule has 0 aliphatic carbocycles. The topological polar surface area (TPSA) is 34.2 Å². The van der Waals surface area contributed by atoms with Crippen LogP contribution in [-0.4, -0.2) is 84.7 Å². The van der Waals surface area contributed by atoms with Gasteiger partial charge in [-0.15, -0.1) is 0 Å². The van der Waals surface area contributed by atoms with Crippen molar-refractivity contribution in [1.82, 2.24) is 9.80 Å². The van der Waals surface area contributed by atoms with E-state index >= 15 is 0 Å². The molecule has 0 aromatic carbocycles. The van der Waals surface area contributed by atoms with Gasteiger partial charge in [-0.25, -0.2) is 0 Å². The molecule has 172 valence electrons. The third kappa shape index (κ3) is 6.39. The molecule has 0 spiro atoms. The molecular weight excluding hydrogens is 364 g/mol. The zero-order valence-electron chi connectivity index (χ0n) is 20.9. The maximum absolute atomic E-state index is 6.17. The standard InChI is InChI=1S/C24H48N2O3/c1-21(2)15-19(16-22(3,4)25(21)9)28-13-11-27-12-14-29-20-17-23(5,6)26(10)24(7,8)18-20/h19-20H,11-18H2,1-10H3. The highest BCUT2D eigenvalue weighted by Crippen LogP contribution is 2.39. The summed E-state index contributed by atoms with van der Waals surface area (Å²) in [5, 5.41) is 0. The van der Waals surface area contributed by atoms with Gasteiger partial charge in [-0.05, 0) is 95.2 Å². The van der Waals surface area contributed by atoms with Crippen LogP contribution in [0.25, 0.3) is 0 Å². The minimum Gasteiger partial charge on any atom is -0.377 e. The van der Waals surface area contributed by atoms with Crippen LogP contribution in [0.4, 0.5) is 0 Å². The fourth-order valence-electron chi connectivity index (χ4n) is 5.44. The van der Waals surface area contributed by atoms with Crippen molar-refractivity contribution in [3.8, 4) is 0 Å². The maximum atomic E-state index is 6.17. The minimum absolute atomic E-state index is 0.163. The summed E-state index contributed by atoms with van der Waals surface area (Å²) < 4.78 is 18.1. The van der Waals surface area contributed by atoms with Gasteiger partial charge in [-0.1, -0.05) is 0 Å². The van der Waals surface area contributed by atoms with Crippen molar-refractivity contribution in [2.75, 3.05) is 40.5 Å². The summed E-state index contributed by atoms with van der Waals surface area (Å²) in [6.45, 7) is 21.1. The quantitative estimate of drug-likeness (QED) is 0.554. The molecule has 0 N–H and O–H groups in total. The predicted octanol–water partition coefficient (Wildman–Crippen LogP) is 4.34. The molecule has 2 rings (SSSR count). The van der Waals surface area contributed by atoms with E-state index in [2.05, 4.69) is 79.3 Å². The second kappa shape index (κ2) is 9.12. The van der Waals surface area contributed by atoms with Crippen molar-refractivity contribution in [3.05, 3.63) is 0 Å². The molecule has 0 unspecified atom stereocenters. The van der Waals surface area contributed by atoms with Gasteiger partial charge < -0.3 is 14.2 Å². The molecule has 29 heavy (non-hydrogen) atoms. The van der Waals surface area contributed by atoms with Crippen molar-refractivity contribution >= 4 is 0 Å². The summed E-state index contributed by atoms with van der Waals surface area (Å²) >= 11 is 0. The van der Waals surface area contributed by atoms with Gasteiger partial charge in [0.1, 0.15) is 0 Å². The molecular formula is C24H48N2O3. The summed E-state index contributed by atoms with van der Waals surface area (Å²) in [6.07, 6.45) is 4.88. The first-order valence-corrected chi connectivity index (χ1v) is 11.5. The number of rotatable bonds is 8. The van der Waals surface area contributed by atoms with E-state index < -0.39 is 0 Å². The van der Waals surface area contributed by atoms with E-state index in [4.69, 9.17) is 14.2 Å². The summed E-state index contributed by atoms with van der Waals surface area (Å²) in [5.74, 6) is 0. The lowest BCUT2D eigenvalue weighted by Gasteiger charge is -2.53. The van der Waals surface area contributed by atoms with E-state index in [1.165, 1.54) is 0 Å². The molecule has 0 aromatic heterocycles. The van der Waals surface area contributed by atoms with Crippen molar-refractivity contribution in [3.63, 3.8) is 0 Å². The highest BCUT2D eigenvalue weighted by atomic mass is 16.5. The Morgan fingerprint density at radius 3 is 1.10 bits per heavy atom. The molecule has 2 fully saturated rings. The van der Waals surface area contributed by atoms with Crippen LogP contribution in [0.2, 0.25) is 0 Å². The average Bonchev–Trinajstić information content (AvgIpc) is 2.55. The van der Waals surface area contributed by atoms with E-state index in [-0.39, 0.29) is 22.2 Å². The van der Waals surface area contributed by atoms with Crippen molar-refractivity contribution < 1.29 is 14.2 Å². The van der Waals surface area contributed by atoms with Gasteiger partial charge in [-0.2, -0.15) is 0 Å². The van der Waals surface area contributed by atoms with Crippen LogP contribution in [0.1, 0.15) is 81.1 Å². The van der Waals surface area contributed by atoms with Gasteiger partial charge in [0.15, 0.2) is 0 Å². The highest BCUT2D eigenvalue weighted by molar-refractivity contribution is 4.99. The van der Waals surface area contributed by atoms with E-state index in [9.17, 15) is 0 Å². The lowest BCUT2D eigenvalue weighted by Crippen LogP contribution is -2.60. The summed E-state index contributed by atoms with van der Waals surface area (Å²) in [4.78, 5) is 4.97. The SMILES string of the molecule is CN1C(C)(C)CC(OCCOCCOC2CC(C)(C)N(C)C(C)(C)C2)CC1(C)C. The van der Waals surface area contributed by atoms with E-state index in [1.54, 1.807) is 0 Å². The van der Waals surface area contributed by atoms with Gasteiger partial charge in [0.25, 0.3) is 0 Å². The van der Waals surface area contributed by atoms with Gasteiger partial charge in [-0.3, -0.25) is 9.80 Å². The fraction of sp³-hybridized carbons (Fsp3) is 1.00. The van der Waals surface area contributed by atoms with Gasteiger partial charge in [0.05, 0.1) is 38.6 Å². The van der Waals surface area contributed by atoms with Crippen molar-refractivity contribution in [2.45, 2.75) is 115 Å². The lowest BCUT2D eigenvalue weighted by atomic mass is 9.79. The minimum atomic E-state index is 0.163. The summed E-state index contributed by atoms with van der Waals surface area (Å²) in [5.41, 5.74) is 0.654. The number of nitrogens with zero attached hydrogens (tertiary/aromatic N) is 2. The zero-order chi connectivity index (χ0) is 22.1. The van der Waals surface area contributed by atoms with Crippen LogP contribution < -0.4 is 0 Å². The van der Waals surface area contributed by atoms with E-state index in [1.807, 2.05) is 0 Å². The summed E-state index contributed by atoms with van der Waals surface area (Å²) in [7, 11) is 4.46. The molecule has 0 saturated carbocycles. The van der Waals surface area contributed by atoms with E-state index in [0.29, 0.717) is 38.6 Å². The third-order valence-corrected chi connectivity index (χ3v) is 7.70. The number of ether oxygens (including phenoxy) is 3. The van der Waals surface area contributed by atoms with Crippen molar-refractivity contribution in [2.24, 2.45) is 0 Å². The van der Waals surface area contributed by atoms with Crippen LogP contribution in [0.5, 0.6) is 0 Å². The Morgan fingerprint density at radius 2 is 0.828 bits per heavy atom. The van der Waals surface area contributed by atoms with Crippen LogP contribution in [0, 0.1) is 0 Å². The van der Waals surface area contributed by atoms with Gasteiger partial charge in [0, 0.05) is 22.2 Å². The molecule has 2 aliphatic rings. The summed E-state index contributed by atoms with van der Waals surface area (Å²) in [6, 6.07) is 0. The van der Waals surface area contributed by atoms with Gasteiger partial charge in [0.2, 0.25) is 0 Å². The second-order valence-corrected chi connectivity index (χ2v) is 11.8. The van der Waals surface area contributed by atoms with Crippen LogP contribution in [0.3, 0.4) is 0 Å². The Balaban J connectivity index is 1.62. The average molecular weight is 413 g/mol. The highest BCUT2D eigenvalue weighted by Gasteiger charge is 2.44. The Labute approximate surface area is 180 Å². The molecule has 5 heteroatoms. The molecule has 2 aliphatic heterocycles. The first-order valence-electron chi connectivity index (χ1n) is 11.5. The van der Waals surface area contributed by atoms with Gasteiger partial charge >= 0.3 is 0 Å². The Morgan fingerprint density at radius 1 is 0.552 bits per heavy atom. The van der Waals surface area contributed by atoms with E-state index in [0.717, 1.165) is 25.7 Å².